The topological polar surface area (TPSA) is 126 Å². The van der Waals surface area contributed by atoms with Gasteiger partial charge in [0.15, 0.2) is 0 Å². The maximum absolute atomic E-state index is 8.53. The Balaban J connectivity index is 3.61. The second kappa shape index (κ2) is 7.37. The summed E-state index contributed by atoms with van der Waals surface area (Å²) < 4.78 is 5.00. The van der Waals surface area contributed by atoms with E-state index in [4.69, 9.17) is 27.4 Å². The Morgan fingerprint density at radius 3 is 2.00 bits per heavy atom. The Morgan fingerprint density at radius 2 is 1.67 bits per heavy atom. The van der Waals surface area contributed by atoms with Crippen molar-refractivity contribution >= 4 is 0 Å². The van der Waals surface area contributed by atoms with E-state index in [0.717, 1.165) is 0 Å². The highest BCUT2D eigenvalue weighted by atomic mass is 16.7. The van der Waals surface area contributed by atoms with Gasteiger partial charge in [-0.3, -0.25) is 0 Å². The van der Waals surface area contributed by atoms with Crippen molar-refractivity contribution in [3.8, 4) is 0 Å². The molecule has 0 saturated heterocycles. The van der Waals surface area contributed by atoms with E-state index in [9.17, 15) is 0 Å². The summed E-state index contributed by atoms with van der Waals surface area (Å²) in [6.45, 7) is -0.0819. The summed E-state index contributed by atoms with van der Waals surface area (Å²) in [4.78, 5) is 8.61. The summed E-state index contributed by atoms with van der Waals surface area (Å²) in [6, 6.07) is 0. The average Bonchev–Trinajstić information content (AvgIpc) is 2.05. The van der Waals surface area contributed by atoms with Crippen LogP contribution in [0.4, 0.5) is 0 Å². The van der Waals surface area contributed by atoms with Crippen LogP contribution in [0.2, 0.25) is 0 Å². The minimum atomic E-state index is -0.778. The lowest BCUT2D eigenvalue weighted by molar-refractivity contribution is -0.102. The van der Waals surface area contributed by atoms with Crippen LogP contribution in [0.5, 0.6) is 0 Å². The second-order valence-corrected chi connectivity index (χ2v) is 2.15. The number of aliphatic hydroxyl groups excluding tert-OH is 1. The molecule has 0 aliphatic carbocycles. The van der Waals surface area contributed by atoms with E-state index in [1.807, 2.05) is 0 Å². The fraction of sp³-hybridized carbons (Fsp3) is 1.00. The maximum atomic E-state index is 8.53. The first kappa shape index (κ1) is 11.7. The minimum Gasteiger partial charge on any atom is -0.392 e. The van der Waals surface area contributed by atoms with Crippen LogP contribution in [0.3, 0.4) is 0 Å². The van der Waals surface area contributed by atoms with Crippen molar-refractivity contribution in [1.29, 1.82) is 0 Å². The van der Waals surface area contributed by atoms with Gasteiger partial charge in [-0.2, -0.15) is 0 Å². The van der Waals surface area contributed by atoms with Gasteiger partial charge in [0.25, 0.3) is 0 Å². The first-order valence-electron chi connectivity index (χ1n) is 3.39. The fourth-order valence-corrected chi connectivity index (χ4v) is 0.632. The molecule has 0 aliphatic rings. The van der Waals surface area contributed by atoms with Crippen molar-refractivity contribution in [2.24, 2.45) is 17.5 Å². The minimum absolute atomic E-state index is 0.102. The Hall–Kier alpha value is -0.280. The highest BCUT2D eigenvalue weighted by molar-refractivity contribution is 4.56. The summed E-state index contributed by atoms with van der Waals surface area (Å²) in [5.74, 6) is 9.59. The van der Waals surface area contributed by atoms with E-state index >= 15 is 0 Å². The maximum Gasteiger partial charge on any atom is 0.129 e. The molecule has 7 nitrogen and oxygen atoms in total. The quantitative estimate of drug-likeness (QED) is 0.251. The van der Waals surface area contributed by atoms with Crippen LogP contribution in [0, 0.1) is 0 Å². The van der Waals surface area contributed by atoms with Crippen LogP contribution >= 0.6 is 0 Å². The lowest BCUT2D eigenvalue weighted by Gasteiger charge is -2.18. The van der Waals surface area contributed by atoms with Crippen molar-refractivity contribution in [2.45, 2.75) is 12.3 Å². The van der Waals surface area contributed by atoms with Gasteiger partial charge in [-0.15, -0.1) is 0 Å². The molecule has 7 N–H and O–H groups in total. The molecule has 0 spiro atoms. The molecule has 0 rings (SSSR count). The number of hydrogen-bond donors (Lipinski definition) is 4. The zero-order valence-electron chi connectivity index (χ0n) is 6.68. The lowest BCUT2D eigenvalue weighted by atomic mass is 10.4. The molecular weight excluding hydrogens is 166 g/mol. The van der Waals surface area contributed by atoms with Crippen LogP contribution in [0.25, 0.3) is 0 Å². The third-order valence-corrected chi connectivity index (χ3v) is 1.11. The third-order valence-electron chi connectivity index (χ3n) is 1.11. The van der Waals surface area contributed by atoms with Gasteiger partial charge in [0.1, 0.15) is 12.3 Å². The molecule has 0 aromatic rings. The molecule has 1 atom stereocenters. The van der Waals surface area contributed by atoms with Gasteiger partial charge in [-0.25, -0.2) is 11.8 Å². The molecule has 0 aliphatic heterocycles. The van der Waals surface area contributed by atoms with E-state index in [-0.39, 0.29) is 19.8 Å². The molecule has 0 amide bonds. The zero-order valence-corrected chi connectivity index (χ0v) is 6.68. The number of rotatable bonds is 7. The summed E-state index contributed by atoms with van der Waals surface area (Å²) in [5, 5.41) is 8.53. The van der Waals surface area contributed by atoms with Crippen molar-refractivity contribution in [3.63, 3.8) is 0 Å². The molecule has 74 valence electrons. The van der Waals surface area contributed by atoms with Crippen LogP contribution in [0.15, 0.2) is 0 Å². The number of aliphatic hydroxyl groups is 1. The van der Waals surface area contributed by atoms with E-state index in [2.05, 4.69) is 9.68 Å². The summed E-state index contributed by atoms with van der Waals surface area (Å²) >= 11 is 0. The largest absolute Gasteiger partial charge is 0.392 e. The Bertz CT molecular complexity index is 98.7. The third kappa shape index (κ3) is 5.38. The van der Waals surface area contributed by atoms with E-state index in [1.54, 1.807) is 0 Å². The van der Waals surface area contributed by atoms with Gasteiger partial charge in [-0.05, 0) is 0 Å². The summed E-state index contributed by atoms with van der Waals surface area (Å²) in [7, 11) is 0. The van der Waals surface area contributed by atoms with Crippen molar-refractivity contribution in [2.75, 3.05) is 19.8 Å². The molecule has 0 bridgehead atoms. The van der Waals surface area contributed by atoms with E-state index in [0.29, 0.717) is 0 Å². The number of ether oxygens (including phenoxy) is 1. The van der Waals surface area contributed by atoms with Gasteiger partial charge in [-0.1, -0.05) is 0 Å². The van der Waals surface area contributed by atoms with E-state index < -0.39 is 12.3 Å². The Kier molecular flexibility index (Phi) is 7.20. The van der Waals surface area contributed by atoms with Crippen LogP contribution in [-0.4, -0.2) is 37.3 Å². The lowest BCUT2D eigenvalue weighted by Crippen LogP contribution is -2.38. The standard InChI is InChI=1S/C5H15N3O4/c6-5(1-9)12-4(2-10-7)3-11-8/h4-5,9H,1-3,6-8H2/t5-/m1/s1. The van der Waals surface area contributed by atoms with Crippen LogP contribution in [0.1, 0.15) is 0 Å². The first-order chi connectivity index (χ1) is 5.74. The molecule has 0 aromatic heterocycles. The molecule has 0 aromatic carbocycles. The predicted molar refractivity (Wildman–Crippen MR) is 40.2 cm³/mol. The number of hydrogen-bond acceptors (Lipinski definition) is 7. The molecule has 0 radical (unpaired) electrons. The molecule has 0 unspecified atom stereocenters. The molecule has 12 heavy (non-hydrogen) atoms. The van der Waals surface area contributed by atoms with Crippen LogP contribution < -0.4 is 17.5 Å². The summed E-state index contributed by atoms with van der Waals surface area (Å²) in [5.41, 5.74) is 5.27. The van der Waals surface area contributed by atoms with Crippen molar-refractivity contribution in [3.05, 3.63) is 0 Å². The normalized spacial score (nSPS) is 13.8. The highest BCUT2D eigenvalue weighted by Gasteiger charge is 2.13. The second-order valence-electron chi connectivity index (χ2n) is 2.15. The highest BCUT2D eigenvalue weighted by Crippen LogP contribution is 1.94. The number of nitrogens with two attached hydrogens (primary N) is 3. The van der Waals surface area contributed by atoms with Gasteiger partial charge in [0.2, 0.25) is 0 Å². The fourth-order valence-electron chi connectivity index (χ4n) is 0.632. The molecule has 0 fully saturated rings. The van der Waals surface area contributed by atoms with Crippen molar-refractivity contribution < 1.29 is 19.5 Å². The Morgan fingerprint density at radius 1 is 1.17 bits per heavy atom. The SMILES string of the molecule is NOCC(CON)O[C@@H](N)CO. The van der Waals surface area contributed by atoms with Gasteiger partial charge in [0.05, 0.1) is 19.8 Å². The zero-order chi connectivity index (χ0) is 9.40. The smallest absolute Gasteiger partial charge is 0.129 e. The van der Waals surface area contributed by atoms with Gasteiger partial charge < -0.3 is 25.3 Å². The Labute approximate surface area is 70.3 Å². The van der Waals surface area contributed by atoms with E-state index in [1.165, 1.54) is 0 Å². The molecule has 0 heterocycles. The molecular formula is C5H15N3O4. The van der Waals surface area contributed by atoms with Gasteiger partial charge >= 0.3 is 0 Å². The average molecular weight is 181 g/mol. The van der Waals surface area contributed by atoms with Gasteiger partial charge in [0, 0.05) is 0 Å². The predicted octanol–water partition coefficient (Wildman–Crippen LogP) is -2.57. The van der Waals surface area contributed by atoms with Crippen molar-refractivity contribution in [1.82, 2.24) is 0 Å². The summed E-state index contributed by atoms with van der Waals surface area (Å²) in [6.07, 6.45) is -1.25. The molecule has 0 saturated carbocycles. The first-order valence-corrected chi connectivity index (χ1v) is 3.39. The monoisotopic (exact) mass is 181 g/mol. The molecule has 7 heteroatoms. The van der Waals surface area contributed by atoms with Crippen LogP contribution in [-0.2, 0) is 14.4 Å².